The van der Waals surface area contributed by atoms with Crippen molar-refractivity contribution in [3.8, 4) is 5.75 Å². The molecule has 1 aromatic carbocycles. The monoisotopic (exact) mass is 402 g/mol. The highest BCUT2D eigenvalue weighted by atomic mass is 35.5. The normalized spacial score (nSPS) is 13.9. The van der Waals surface area contributed by atoms with E-state index in [0.29, 0.717) is 31.3 Å². The van der Waals surface area contributed by atoms with Gasteiger partial charge in [0.05, 0.1) is 6.61 Å². The van der Waals surface area contributed by atoms with E-state index in [1.54, 1.807) is 11.0 Å². The van der Waals surface area contributed by atoms with Crippen LogP contribution < -0.4 is 4.74 Å². The number of amides is 1. The van der Waals surface area contributed by atoms with E-state index in [1.165, 1.54) is 0 Å². The third kappa shape index (κ3) is 9.11. The third-order valence-electron chi connectivity index (χ3n) is 3.55. The predicted octanol–water partition coefficient (Wildman–Crippen LogP) is 1.65. The average Bonchev–Trinajstić information content (AvgIpc) is 2.63. The first-order chi connectivity index (χ1) is 12.8. The molecule has 0 saturated carbocycles. The molecule has 0 bridgehead atoms. The Morgan fingerprint density at radius 2 is 1.74 bits per heavy atom. The number of carbonyl (C=O) groups is 3. The summed E-state index contributed by atoms with van der Waals surface area (Å²) in [4.78, 5) is 33.8. The van der Waals surface area contributed by atoms with Crippen LogP contribution in [0.2, 0.25) is 5.02 Å². The summed E-state index contributed by atoms with van der Waals surface area (Å²) in [6.07, 6.45) is -0.215. The van der Waals surface area contributed by atoms with Gasteiger partial charge in [-0.1, -0.05) is 17.7 Å². The number of piperazine rings is 1. The number of rotatable bonds is 5. The summed E-state index contributed by atoms with van der Waals surface area (Å²) in [6.45, 7) is 6.79. The summed E-state index contributed by atoms with van der Waals surface area (Å²) in [7, 11) is 0. The molecule has 0 radical (unpaired) electrons. The molecule has 150 valence electrons. The van der Waals surface area contributed by atoms with Crippen molar-refractivity contribution in [2.24, 2.45) is 0 Å². The Morgan fingerprint density at radius 3 is 2.26 bits per heavy atom. The van der Waals surface area contributed by atoms with E-state index in [1.807, 2.05) is 25.1 Å². The van der Waals surface area contributed by atoms with Crippen LogP contribution in [-0.2, 0) is 14.3 Å². The molecule has 0 unspecified atom stereocenters. The van der Waals surface area contributed by atoms with Crippen molar-refractivity contribution in [1.29, 1.82) is 0 Å². The van der Waals surface area contributed by atoms with Gasteiger partial charge in [-0.05, 0) is 25.1 Å². The number of hydrogen-bond acceptors (Lipinski definition) is 6. The van der Waals surface area contributed by atoms with Crippen molar-refractivity contribution >= 4 is 29.6 Å². The highest BCUT2D eigenvalue weighted by molar-refractivity contribution is 6.30. The molecular formula is C17H23ClN2O7. The van der Waals surface area contributed by atoms with Crippen molar-refractivity contribution in [3.63, 3.8) is 0 Å². The Morgan fingerprint density at radius 1 is 1.11 bits per heavy atom. The standard InChI is InChI=1S/C15H21ClN2O3.C2H2O4/c1-2-20-15(19)18-8-6-17(7-9-18)10-11-21-14-5-3-4-13(16)12-14;3-1(4)2(5)6/h3-5,12H,2,6-11H2,1H3;(H,3,4)(H,5,6). The lowest BCUT2D eigenvalue weighted by Gasteiger charge is -2.33. The minimum atomic E-state index is -1.82. The number of hydrogen-bond donors (Lipinski definition) is 2. The lowest BCUT2D eigenvalue weighted by atomic mass is 10.3. The Bertz CT molecular complexity index is 621. The van der Waals surface area contributed by atoms with Crippen LogP contribution in [0.3, 0.4) is 0 Å². The van der Waals surface area contributed by atoms with E-state index in [0.717, 1.165) is 25.4 Å². The summed E-state index contributed by atoms with van der Waals surface area (Å²) in [5, 5.41) is 15.5. The molecule has 1 saturated heterocycles. The number of aliphatic carboxylic acids is 2. The molecule has 2 rings (SSSR count). The molecule has 1 aliphatic rings. The van der Waals surface area contributed by atoms with E-state index < -0.39 is 11.9 Å². The van der Waals surface area contributed by atoms with Gasteiger partial charge in [-0.25, -0.2) is 14.4 Å². The second-order valence-corrected chi connectivity index (χ2v) is 5.88. The zero-order valence-corrected chi connectivity index (χ0v) is 15.7. The molecule has 27 heavy (non-hydrogen) atoms. The molecule has 1 aromatic rings. The number of carboxylic acids is 2. The highest BCUT2D eigenvalue weighted by Crippen LogP contribution is 2.17. The van der Waals surface area contributed by atoms with E-state index in [-0.39, 0.29) is 6.09 Å². The smallest absolute Gasteiger partial charge is 0.414 e. The minimum absolute atomic E-state index is 0.215. The number of ether oxygens (including phenoxy) is 2. The molecule has 0 atom stereocenters. The molecule has 1 fully saturated rings. The SMILES string of the molecule is CCOC(=O)N1CCN(CCOc2cccc(Cl)c2)CC1.O=C(O)C(=O)O. The van der Waals surface area contributed by atoms with E-state index in [2.05, 4.69) is 4.90 Å². The molecule has 10 heteroatoms. The molecule has 9 nitrogen and oxygen atoms in total. The minimum Gasteiger partial charge on any atom is -0.492 e. The van der Waals surface area contributed by atoms with Gasteiger partial charge < -0.3 is 24.6 Å². The van der Waals surface area contributed by atoms with Crippen molar-refractivity contribution in [2.45, 2.75) is 6.92 Å². The Labute approximate surface area is 162 Å². The van der Waals surface area contributed by atoms with Gasteiger partial charge >= 0.3 is 18.0 Å². The number of carbonyl (C=O) groups excluding carboxylic acids is 1. The first-order valence-electron chi connectivity index (χ1n) is 8.32. The second kappa shape index (κ2) is 12.0. The highest BCUT2D eigenvalue weighted by Gasteiger charge is 2.21. The average molecular weight is 403 g/mol. The molecule has 0 spiro atoms. The Hall–Kier alpha value is -2.52. The molecule has 2 N–H and O–H groups in total. The molecule has 1 aliphatic heterocycles. The van der Waals surface area contributed by atoms with Crippen LogP contribution in [0.25, 0.3) is 0 Å². The van der Waals surface area contributed by atoms with E-state index in [9.17, 15) is 4.79 Å². The molecular weight excluding hydrogens is 380 g/mol. The molecule has 1 amide bonds. The van der Waals surface area contributed by atoms with Crippen LogP contribution in [0.5, 0.6) is 5.75 Å². The fraction of sp³-hybridized carbons (Fsp3) is 0.471. The maximum Gasteiger partial charge on any atom is 0.414 e. The van der Waals surface area contributed by atoms with Gasteiger partial charge in [0.25, 0.3) is 0 Å². The van der Waals surface area contributed by atoms with Gasteiger partial charge in [-0.15, -0.1) is 0 Å². The summed E-state index contributed by atoms with van der Waals surface area (Å²) in [5.74, 6) is -2.86. The molecule has 1 heterocycles. The Balaban J connectivity index is 0.000000527. The summed E-state index contributed by atoms with van der Waals surface area (Å²) in [5.41, 5.74) is 0. The first-order valence-corrected chi connectivity index (χ1v) is 8.70. The summed E-state index contributed by atoms with van der Waals surface area (Å²) >= 11 is 5.90. The van der Waals surface area contributed by atoms with E-state index in [4.69, 9.17) is 40.9 Å². The van der Waals surface area contributed by atoms with Crippen LogP contribution in [0.4, 0.5) is 4.79 Å². The number of halogens is 1. The fourth-order valence-electron chi connectivity index (χ4n) is 2.22. The van der Waals surface area contributed by atoms with Gasteiger partial charge in [0.2, 0.25) is 0 Å². The quantitative estimate of drug-likeness (QED) is 0.714. The lowest BCUT2D eigenvalue weighted by molar-refractivity contribution is -0.159. The van der Waals surface area contributed by atoms with Gasteiger partial charge in [0.1, 0.15) is 12.4 Å². The molecule has 0 aromatic heterocycles. The van der Waals surface area contributed by atoms with Crippen molar-refractivity contribution in [3.05, 3.63) is 29.3 Å². The number of benzene rings is 1. The largest absolute Gasteiger partial charge is 0.492 e. The topological polar surface area (TPSA) is 117 Å². The van der Waals surface area contributed by atoms with Crippen LogP contribution in [0.15, 0.2) is 24.3 Å². The first kappa shape index (κ1) is 22.5. The van der Waals surface area contributed by atoms with Crippen LogP contribution in [0, 0.1) is 0 Å². The maximum absolute atomic E-state index is 11.6. The van der Waals surface area contributed by atoms with Crippen molar-refractivity contribution in [1.82, 2.24) is 9.80 Å². The van der Waals surface area contributed by atoms with Crippen molar-refractivity contribution < 1.29 is 34.1 Å². The van der Waals surface area contributed by atoms with Gasteiger partial charge in [-0.2, -0.15) is 0 Å². The van der Waals surface area contributed by atoms with Crippen LogP contribution >= 0.6 is 11.6 Å². The zero-order chi connectivity index (χ0) is 20.2. The van der Waals surface area contributed by atoms with Crippen LogP contribution in [0.1, 0.15) is 6.92 Å². The fourth-order valence-corrected chi connectivity index (χ4v) is 2.40. The third-order valence-corrected chi connectivity index (χ3v) is 3.79. The second-order valence-electron chi connectivity index (χ2n) is 5.44. The number of nitrogens with zero attached hydrogens (tertiary/aromatic N) is 2. The van der Waals surface area contributed by atoms with Crippen molar-refractivity contribution in [2.75, 3.05) is 45.9 Å². The van der Waals surface area contributed by atoms with Gasteiger partial charge in [0.15, 0.2) is 0 Å². The molecule has 0 aliphatic carbocycles. The summed E-state index contributed by atoms with van der Waals surface area (Å²) in [6, 6.07) is 7.39. The van der Waals surface area contributed by atoms with E-state index >= 15 is 0 Å². The maximum atomic E-state index is 11.6. The lowest BCUT2D eigenvalue weighted by Crippen LogP contribution is -2.49. The summed E-state index contributed by atoms with van der Waals surface area (Å²) < 4.78 is 10.7. The zero-order valence-electron chi connectivity index (χ0n) is 15.0. The van der Waals surface area contributed by atoms with Crippen LogP contribution in [-0.4, -0.2) is 84.0 Å². The predicted molar refractivity (Wildman–Crippen MR) is 97.3 cm³/mol. The van der Waals surface area contributed by atoms with Gasteiger partial charge in [-0.3, -0.25) is 4.90 Å². The van der Waals surface area contributed by atoms with Gasteiger partial charge in [0, 0.05) is 37.7 Å². The number of carboxylic acid groups (broad SMARTS) is 2. The Kier molecular flexibility index (Phi) is 9.99.